The third-order valence-electron chi connectivity index (χ3n) is 5.17. The molecule has 2 atom stereocenters. The number of rotatable bonds is 6. The summed E-state index contributed by atoms with van der Waals surface area (Å²) in [6, 6.07) is 0. The van der Waals surface area contributed by atoms with Crippen LogP contribution in [-0.4, -0.2) is 18.0 Å². The molecule has 0 aromatic heterocycles. The van der Waals surface area contributed by atoms with Gasteiger partial charge in [-0.15, -0.1) is 12.4 Å². The van der Waals surface area contributed by atoms with E-state index in [-0.39, 0.29) is 29.8 Å². The Labute approximate surface area is 129 Å². The van der Waals surface area contributed by atoms with E-state index in [1.54, 1.807) is 0 Å². The SMILES string of the molecule is CC(CC1CCCCC1)C(=O)NC(C)(CN)C1CC1.Cl. The van der Waals surface area contributed by atoms with Gasteiger partial charge < -0.3 is 11.1 Å². The molecule has 2 fully saturated rings. The molecular formula is C16H31ClN2O. The third-order valence-corrected chi connectivity index (χ3v) is 5.17. The fraction of sp³-hybridized carbons (Fsp3) is 0.938. The highest BCUT2D eigenvalue weighted by molar-refractivity contribution is 5.85. The number of amides is 1. The Kier molecular flexibility index (Phi) is 6.80. The zero-order valence-electron chi connectivity index (χ0n) is 13.0. The molecule has 4 heteroatoms. The molecule has 2 aliphatic carbocycles. The molecule has 0 saturated heterocycles. The van der Waals surface area contributed by atoms with Crippen LogP contribution in [0.1, 0.15) is 65.2 Å². The predicted octanol–water partition coefficient (Wildman–Crippen LogP) is 3.26. The van der Waals surface area contributed by atoms with Crippen LogP contribution >= 0.6 is 12.4 Å². The zero-order valence-corrected chi connectivity index (χ0v) is 13.8. The Balaban J connectivity index is 0.00000200. The van der Waals surface area contributed by atoms with E-state index in [2.05, 4.69) is 19.2 Å². The smallest absolute Gasteiger partial charge is 0.223 e. The van der Waals surface area contributed by atoms with Crippen molar-refractivity contribution in [3.8, 4) is 0 Å². The molecule has 1 amide bonds. The highest BCUT2D eigenvalue weighted by Gasteiger charge is 2.42. The molecule has 0 radical (unpaired) electrons. The molecule has 118 valence electrons. The Hall–Kier alpha value is -0.280. The average molecular weight is 303 g/mol. The van der Waals surface area contributed by atoms with E-state index in [0.29, 0.717) is 12.5 Å². The number of nitrogens with two attached hydrogens (primary N) is 1. The number of hydrogen-bond acceptors (Lipinski definition) is 2. The van der Waals surface area contributed by atoms with Gasteiger partial charge in [0.2, 0.25) is 5.91 Å². The molecule has 3 nitrogen and oxygen atoms in total. The summed E-state index contributed by atoms with van der Waals surface area (Å²) in [5.41, 5.74) is 5.70. The Morgan fingerprint density at radius 2 is 1.85 bits per heavy atom. The van der Waals surface area contributed by atoms with Gasteiger partial charge in [0.05, 0.1) is 5.54 Å². The number of hydrogen-bond donors (Lipinski definition) is 2. The monoisotopic (exact) mass is 302 g/mol. The largest absolute Gasteiger partial charge is 0.349 e. The van der Waals surface area contributed by atoms with Crippen molar-refractivity contribution in [2.24, 2.45) is 23.5 Å². The summed E-state index contributed by atoms with van der Waals surface area (Å²) < 4.78 is 0. The van der Waals surface area contributed by atoms with E-state index in [1.807, 2.05) is 0 Å². The van der Waals surface area contributed by atoms with Crippen LogP contribution in [0.4, 0.5) is 0 Å². The van der Waals surface area contributed by atoms with E-state index in [1.165, 1.54) is 44.9 Å². The normalized spacial score (nSPS) is 24.4. The minimum Gasteiger partial charge on any atom is -0.349 e. The molecule has 0 spiro atoms. The predicted molar refractivity (Wildman–Crippen MR) is 85.9 cm³/mol. The van der Waals surface area contributed by atoms with Gasteiger partial charge in [0, 0.05) is 12.5 Å². The zero-order chi connectivity index (χ0) is 13.9. The van der Waals surface area contributed by atoms with Gasteiger partial charge >= 0.3 is 0 Å². The van der Waals surface area contributed by atoms with Crippen molar-refractivity contribution in [3.63, 3.8) is 0 Å². The molecule has 0 bridgehead atoms. The maximum Gasteiger partial charge on any atom is 0.223 e. The topological polar surface area (TPSA) is 55.1 Å². The standard InChI is InChI=1S/C16H30N2O.ClH/c1-12(10-13-6-4-3-5-7-13)15(19)18-16(2,11-17)14-8-9-14;/h12-14H,3-11,17H2,1-2H3,(H,18,19);1H. The molecule has 3 N–H and O–H groups in total. The highest BCUT2D eigenvalue weighted by Crippen LogP contribution is 2.39. The second kappa shape index (κ2) is 7.65. The fourth-order valence-electron chi connectivity index (χ4n) is 3.47. The lowest BCUT2D eigenvalue weighted by Crippen LogP contribution is -2.54. The first-order valence-electron chi connectivity index (χ1n) is 8.07. The van der Waals surface area contributed by atoms with Gasteiger partial charge in [-0.2, -0.15) is 0 Å². The van der Waals surface area contributed by atoms with Crippen LogP contribution < -0.4 is 11.1 Å². The minimum absolute atomic E-state index is 0. The van der Waals surface area contributed by atoms with Crippen LogP contribution in [0.3, 0.4) is 0 Å². The Bertz CT molecular complexity index is 314. The van der Waals surface area contributed by atoms with Crippen molar-refractivity contribution in [2.75, 3.05) is 6.54 Å². The van der Waals surface area contributed by atoms with Crippen molar-refractivity contribution in [2.45, 2.75) is 70.8 Å². The van der Waals surface area contributed by atoms with Gasteiger partial charge in [-0.25, -0.2) is 0 Å². The highest BCUT2D eigenvalue weighted by atomic mass is 35.5. The van der Waals surface area contributed by atoms with Crippen molar-refractivity contribution in [1.29, 1.82) is 0 Å². The van der Waals surface area contributed by atoms with Crippen molar-refractivity contribution >= 4 is 18.3 Å². The van der Waals surface area contributed by atoms with Crippen LogP contribution in [0.5, 0.6) is 0 Å². The van der Waals surface area contributed by atoms with Crippen molar-refractivity contribution in [3.05, 3.63) is 0 Å². The van der Waals surface area contributed by atoms with Gasteiger partial charge in [0.15, 0.2) is 0 Å². The first-order chi connectivity index (χ1) is 9.05. The molecule has 0 aromatic rings. The molecule has 0 aliphatic heterocycles. The maximum absolute atomic E-state index is 12.4. The average Bonchev–Trinajstić information content (AvgIpc) is 3.24. The number of halogens is 1. The van der Waals surface area contributed by atoms with Crippen LogP contribution in [0, 0.1) is 17.8 Å². The third kappa shape index (κ3) is 4.63. The van der Waals surface area contributed by atoms with E-state index in [9.17, 15) is 4.79 Å². The second-order valence-corrected chi connectivity index (χ2v) is 7.03. The van der Waals surface area contributed by atoms with Crippen LogP contribution in [-0.2, 0) is 4.79 Å². The lowest BCUT2D eigenvalue weighted by molar-refractivity contribution is -0.127. The number of nitrogens with one attached hydrogen (secondary N) is 1. The lowest BCUT2D eigenvalue weighted by atomic mass is 9.82. The van der Waals surface area contributed by atoms with Crippen molar-refractivity contribution in [1.82, 2.24) is 5.32 Å². The van der Waals surface area contributed by atoms with E-state index < -0.39 is 0 Å². The summed E-state index contributed by atoms with van der Waals surface area (Å²) >= 11 is 0. The summed E-state index contributed by atoms with van der Waals surface area (Å²) in [6.45, 7) is 4.74. The molecule has 20 heavy (non-hydrogen) atoms. The van der Waals surface area contributed by atoms with Crippen molar-refractivity contribution < 1.29 is 4.79 Å². The molecule has 2 aliphatic rings. The minimum atomic E-state index is -0.169. The molecule has 2 unspecified atom stereocenters. The van der Waals surface area contributed by atoms with Gasteiger partial charge in [-0.3, -0.25) is 4.79 Å². The molecule has 2 rings (SSSR count). The first-order valence-corrected chi connectivity index (χ1v) is 8.07. The lowest BCUT2D eigenvalue weighted by Gasteiger charge is -2.32. The van der Waals surface area contributed by atoms with Crippen LogP contribution in [0.25, 0.3) is 0 Å². The van der Waals surface area contributed by atoms with Gasteiger partial charge in [-0.1, -0.05) is 39.0 Å². The van der Waals surface area contributed by atoms with Gasteiger partial charge in [0.1, 0.15) is 0 Å². The molecule has 0 aromatic carbocycles. The van der Waals surface area contributed by atoms with Crippen LogP contribution in [0.15, 0.2) is 0 Å². The fourth-order valence-corrected chi connectivity index (χ4v) is 3.47. The second-order valence-electron chi connectivity index (χ2n) is 7.03. The number of carbonyl (C=O) groups excluding carboxylic acids is 1. The van der Waals surface area contributed by atoms with E-state index in [0.717, 1.165) is 12.3 Å². The molecule has 2 saturated carbocycles. The van der Waals surface area contributed by atoms with Gasteiger partial charge in [-0.05, 0) is 38.0 Å². The molecular weight excluding hydrogens is 272 g/mol. The summed E-state index contributed by atoms with van der Waals surface area (Å²) in [5, 5.41) is 3.23. The summed E-state index contributed by atoms with van der Waals surface area (Å²) in [7, 11) is 0. The Morgan fingerprint density at radius 3 is 2.35 bits per heavy atom. The maximum atomic E-state index is 12.4. The summed E-state index contributed by atoms with van der Waals surface area (Å²) in [4.78, 5) is 12.4. The summed E-state index contributed by atoms with van der Waals surface area (Å²) in [6.07, 6.45) is 10.2. The van der Waals surface area contributed by atoms with Gasteiger partial charge in [0.25, 0.3) is 0 Å². The van der Waals surface area contributed by atoms with E-state index >= 15 is 0 Å². The number of carbonyl (C=O) groups is 1. The Morgan fingerprint density at radius 1 is 1.25 bits per heavy atom. The summed E-state index contributed by atoms with van der Waals surface area (Å²) in [5.74, 6) is 1.71. The molecule has 0 heterocycles. The quantitative estimate of drug-likeness (QED) is 0.791. The first kappa shape index (κ1) is 17.8. The van der Waals surface area contributed by atoms with Crippen LogP contribution in [0.2, 0.25) is 0 Å². The van der Waals surface area contributed by atoms with E-state index in [4.69, 9.17) is 5.73 Å².